The zero-order valence-corrected chi connectivity index (χ0v) is 16.2. The van der Waals surface area contributed by atoms with Crippen molar-refractivity contribution in [2.75, 3.05) is 0 Å². The minimum Gasteiger partial charge on any atom is -0.480 e. The molecule has 2 unspecified atom stereocenters. The summed E-state index contributed by atoms with van der Waals surface area (Å²) in [6.07, 6.45) is -0.286. The van der Waals surface area contributed by atoms with Crippen LogP contribution in [-0.4, -0.2) is 33.7 Å². The Morgan fingerprint density at radius 2 is 1.79 bits per heavy atom. The molecule has 3 rings (SSSR count). The lowest BCUT2D eigenvalue weighted by Gasteiger charge is -2.40. The van der Waals surface area contributed by atoms with Crippen molar-refractivity contribution in [2.24, 2.45) is 0 Å². The molecular weight excluding hydrogens is 361 g/mol. The monoisotopic (exact) mass is 385 g/mol. The predicted molar refractivity (Wildman–Crippen MR) is 102 cm³/mol. The fraction of sp³-hybridized carbons (Fsp3) is 0.364. The SMILES string of the molecule is CC(C)(C)OC(=O)N1Cc2ccccc2C(Cc2ccc(F)cc2)C1C(=O)O. The minimum atomic E-state index is -1.09. The summed E-state index contributed by atoms with van der Waals surface area (Å²) >= 11 is 0. The van der Waals surface area contributed by atoms with Crippen LogP contribution >= 0.6 is 0 Å². The van der Waals surface area contributed by atoms with Gasteiger partial charge in [0.05, 0.1) is 6.54 Å². The van der Waals surface area contributed by atoms with Gasteiger partial charge in [-0.05, 0) is 56.0 Å². The first-order valence-electron chi connectivity index (χ1n) is 9.20. The van der Waals surface area contributed by atoms with Crippen LogP contribution in [0.25, 0.3) is 0 Å². The van der Waals surface area contributed by atoms with Crippen molar-refractivity contribution in [2.45, 2.75) is 51.3 Å². The largest absolute Gasteiger partial charge is 0.480 e. The van der Waals surface area contributed by atoms with E-state index < -0.39 is 29.6 Å². The molecule has 6 heteroatoms. The van der Waals surface area contributed by atoms with Crippen molar-refractivity contribution in [3.05, 3.63) is 71.0 Å². The van der Waals surface area contributed by atoms with Gasteiger partial charge >= 0.3 is 12.1 Å². The van der Waals surface area contributed by atoms with Crippen molar-refractivity contribution in [1.82, 2.24) is 4.90 Å². The first-order chi connectivity index (χ1) is 13.2. The van der Waals surface area contributed by atoms with Gasteiger partial charge in [-0.3, -0.25) is 4.90 Å². The molecule has 0 bridgehead atoms. The molecular formula is C22H24FNO4. The third kappa shape index (κ3) is 4.32. The molecule has 1 aliphatic rings. The van der Waals surface area contributed by atoms with E-state index >= 15 is 0 Å². The van der Waals surface area contributed by atoms with E-state index in [0.29, 0.717) is 6.42 Å². The van der Waals surface area contributed by atoms with Crippen LogP contribution in [0.5, 0.6) is 0 Å². The number of amides is 1. The van der Waals surface area contributed by atoms with Gasteiger partial charge in [-0.25, -0.2) is 14.0 Å². The fourth-order valence-electron chi connectivity index (χ4n) is 3.61. The van der Waals surface area contributed by atoms with Crippen molar-refractivity contribution in [1.29, 1.82) is 0 Å². The number of rotatable bonds is 3. The normalized spacial score (nSPS) is 19.1. The maximum absolute atomic E-state index is 13.3. The van der Waals surface area contributed by atoms with E-state index in [2.05, 4.69) is 0 Å². The second-order valence-electron chi connectivity index (χ2n) is 8.03. The smallest absolute Gasteiger partial charge is 0.411 e. The van der Waals surface area contributed by atoms with Gasteiger partial charge in [-0.1, -0.05) is 36.4 Å². The lowest BCUT2D eigenvalue weighted by Crippen LogP contribution is -2.52. The Bertz CT molecular complexity index is 873. The molecule has 2 aromatic rings. The van der Waals surface area contributed by atoms with Gasteiger partial charge in [-0.15, -0.1) is 0 Å². The van der Waals surface area contributed by atoms with Crippen LogP contribution in [0.2, 0.25) is 0 Å². The van der Waals surface area contributed by atoms with Crippen LogP contribution in [0.15, 0.2) is 48.5 Å². The Balaban J connectivity index is 2.01. The average Bonchev–Trinajstić information content (AvgIpc) is 2.61. The number of carboxylic acids is 1. The number of hydrogen-bond donors (Lipinski definition) is 1. The van der Waals surface area contributed by atoms with Crippen molar-refractivity contribution >= 4 is 12.1 Å². The Morgan fingerprint density at radius 3 is 2.39 bits per heavy atom. The van der Waals surface area contributed by atoms with Gasteiger partial charge in [0, 0.05) is 5.92 Å². The Kier molecular flexibility index (Phi) is 5.40. The molecule has 1 amide bonds. The molecule has 148 valence electrons. The Morgan fingerprint density at radius 1 is 1.14 bits per heavy atom. The number of hydrogen-bond acceptors (Lipinski definition) is 3. The molecule has 1 N–H and O–H groups in total. The maximum Gasteiger partial charge on any atom is 0.411 e. The summed E-state index contributed by atoms with van der Waals surface area (Å²) in [6.45, 7) is 5.40. The maximum atomic E-state index is 13.3. The highest BCUT2D eigenvalue weighted by atomic mass is 19.1. The predicted octanol–water partition coefficient (Wildman–Crippen LogP) is 4.36. The van der Waals surface area contributed by atoms with Crippen molar-refractivity contribution in [3.8, 4) is 0 Å². The molecule has 0 aromatic heterocycles. The number of halogens is 1. The first kappa shape index (κ1) is 19.9. The number of carbonyl (C=O) groups is 2. The van der Waals surface area contributed by atoms with Crippen LogP contribution in [0.3, 0.4) is 0 Å². The molecule has 0 fully saturated rings. The molecule has 1 heterocycles. The van der Waals surface area contributed by atoms with Gasteiger partial charge in [0.15, 0.2) is 0 Å². The molecule has 28 heavy (non-hydrogen) atoms. The molecule has 2 atom stereocenters. The summed E-state index contributed by atoms with van der Waals surface area (Å²) < 4.78 is 18.7. The van der Waals surface area contributed by atoms with E-state index in [9.17, 15) is 19.1 Å². The summed E-state index contributed by atoms with van der Waals surface area (Å²) in [5, 5.41) is 9.96. The highest BCUT2D eigenvalue weighted by Gasteiger charge is 2.43. The van der Waals surface area contributed by atoms with Crippen LogP contribution in [0.4, 0.5) is 9.18 Å². The molecule has 0 radical (unpaired) electrons. The summed E-state index contributed by atoms with van der Waals surface area (Å²) in [6, 6.07) is 12.4. The number of ether oxygens (including phenoxy) is 1. The summed E-state index contributed by atoms with van der Waals surface area (Å²) in [5.74, 6) is -1.91. The molecule has 0 saturated heterocycles. The highest BCUT2D eigenvalue weighted by molar-refractivity contribution is 5.82. The zero-order chi connectivity index (χ0) is 20.5. The summed E-state index contributed by atoms with van der Waals surface area (Å²) in [7, 11) is 0. The molecule has 0 aliphatic carbocycles. The highest BCUT2D eigenvalue weighted by Crippen LogP contribution is 2.37. The van der Waals surface area contributed by atoms with E-state index in [-0.39, 0.29) is 12.4 Å². The number of carboxylic acid groups (broad SMARTS) is 1. The van der Waals surface area contributed by atoms with E-state index in [1.165, 1.54) is 17.0 Å². The lowest BCUT2D eigenvalue weighted by molar-refractivity contribution is -0.144. The van der Waals surface area contributed by atoms with E-state index in [4.69, 9.17) is 4.74 Å². The first-order valence-corrected chi connectivity index (χ1v) is 9.20. The molecule has 0 saturated carbocycles. The molecule has 0 spiro atoms. The fourth-order valence-corrected chi connectivity index (χ4v) is 3.61. The average molecular weight is 385 g/mol. The number of carbonyl (C=O) groups excluding carboxylic acids is 1. The van der Waals surface area contributed by atoms with Gasteiger partial charge < -0.3 is 9.84 Å². The van der Waals surface area contributed by atoms with Gasteiger partial charge in [0.2, 0.25) is 0 Å². The minimum absolute atomic E-state index is 0.169. The standard InChI is InChI=1S/C22H24FNO4/c1-22(2,3)28-21(27)24-13-15-6-4-5-7-17(15)18(19(24)20(25)26)12-14-8-10-16(23)11-9-14/h4-11,18-19H,12-13H2,1-3H3,(H,25,26). The third-order valence-corrected chi connectivity index (χ3v) is 4.76. The Hall–Kier alpha value is -2.89. The van der Waals surface area contributed by atoms with E-state index in [1.807, 2.05) is 24.3 Å². The second-order valence-corrected chi connectivity index (χ2v) is 8.03. The number of benzene rings is 2. The lowest BCUT2D eigenvalue weighted by atomic mass is 9.79. The topological polar surface area (TPSA) is 66.8 Å². The van der Waals surface area contributed by atoms with E-state index in [0.717, 1.165) is 16.7 Å². The summed E-state index contributed by atoms with van der Waals surface area (Å²) in [5.41, 5.74) is 1.85. The van der Waals surface area contributed by atoms with Crippen LogP contribution in [-0.2, 0) is 22.5 Å². The molecule has 5 nitrogen and oxygen atoms in total. The number of nitrogens with zero attached hydrogens (tertiary/aromatic N) is 1. The number of aliphatic carboxylic acids is 1. The van der Waals surface area contributed by atoms with Crippen molar-refractivity contribution in [3.63, 3.8) is 0 Å². The molecule has 2 aromatic carbocycles. The zero-order valence-electron chi connectivity index (χ0n) is 16.2. The van der Waals surface area contributed by atoms with Gasteiger partial charge in [0.25, 0.3) is 0 Å². The van der Waals surface area contributed by atoms with Gasteiger partial charge in [-0.2, -0.15) is 0 Å². The van der Waals surface area contributed by atoms with E-state index in [1.54, 1.807) is 32.9 Å². The summed E-state index contributed by atoms with van der Waals surface area (Å²) in [4.78, 5) is 26.2. The van der Waals surface area contributed by atoms with Gasteiger partial charge in [0.1, 0.15) is 17.5 Å². The van der Waals surface area contributed by atoms with Crippen LogP contribution in [0, 0.1) is 5.82 Å². The third-order valence-electron chi connectivity index (χ3n) is 4.76. The number of fused-ring (bicyclic) bond motifs is 1. The van der Waals surface area contributed by atoms with Crippen LogP contribution < -0.4 is 0 Å². The quantitative estimate of drug-likeness (QED) is 0.853. The second kappa shape index (κ2) is 7.62. The van der Waals surface area contributed by atoms with Crippen molar-refractivity contribution < 1.29 is 23.8 Å². The molecule has 1 aliphatic heterocycles. The Labute approximate surface area is 163 Å². The van der Waals surface area contributed by atoms with Crippen LogP contribution in [0.1, 0.15) is 43.4 Å².